The molecule has 0 saturated heterocycles. The fraction of sp³-hybridized carbons (Fsp3) is 0.167. The lowest BCUT2D eigenvalue weighted by molar-refractivity contribution is 0.267. The molecule has 0 bridgehead atoms. The van der Waals surface area contributed by atoms with Crippen LogP contribution in [0.25, 0.3) is 0 Å². The van der Waals surface area contributed by atoms with Gasteiger partial charge in [-0.1, -0.05) is 42.5 Å². The van der Waals surface area contributed by atoms with Gasteiger partial charge in [-0.15, -0.1) is 11.3 Å². The second kappa shape index (κ2) is 6.81. The Morgan fingerprint density at radius 3 is 2.36 bits per heavy atom. The van der Waals surface area contributed by atoms with Gasteiger partial charge in [0.25, 0.3) is 0 Å². The molecular formula is C18H17FN2S. The van der Waals surface area contributed by atoms with Crippen LogP contribution in [0.2, 0.25) is 0 Å². The maximum Gasteiger partial charge on any atom is 0.123 e. The summed E-state index contributed by atoms with van der Waals surface area (Å²) < 4.78 is 13.2. The fourth-order valence-electron chi connectivity index (χ4n) is 2.64. The first-order chi connectivity index (χ1) is 10.7. The molecule has 0 amide bonds. The highest BCUT2D eigenvalue weighted by molar-refractivity contribution is 7.07. The molecule has 4 heteroatoms. The minimum absolute atomic E-state index is 0.0727. The molecule has 1 heterocycles. The lowest BCUT2D eigenvalue weighted by atomic mass is 9.97. The molecule has 1 atom stereocenters. The third-order valence-electron chi connectivity index (χ3n) is 3.64. The van der Waals surface area contributed by atoms with Crippen LogP contribution in [0.4, 0.5) is 4.39 Å². The van der Waals surface area contributed by atoms with E-state index in [9.17, 15) is 4.39 Å². The molecule has 1 aromatic heterocycles. The fourth-order valence-corrected chi connectivity index (χ4v) is 3.19. The van der Waals surface area contributed by atoms with Crippen molar-refractivity contribution in [2.75, 3.05) is 7.05 Å². The number of nitrogens with zero attached hydrogens (tertiary/aromatic N) is 2. The second-order valence-electron chi connectivity index (χ2n) is 5.26. The summed E-state index contributed by atoms with van der Waals surface area (Å²) in [4.78, 5) is 6.59. The summed E-state index contributed by atoms with van der Waals surface area (Å²) in [6.07, 6.45) is 0. The van der Waals surface area contributed by atoms with Crippen LogP contribution in [0.1, 0.15) is 22.9 Å². The van der Waals surface area contributed by atoms with Crippen molar-refractivity contribution in [3.05, 3.63) is 88.1 Å². The van der Waals surface area contributed by atoms with E-state index in [1.807, 2.05) is 35.8 Å². The average molecular weight is 312 g/mol. The van der Waals surface area contributed by atoms with Crippen molar-refractivity contribution < 1.29 is 4.39 Å². The van der Waals surface area contributed by atoms with Crippen LogP contribution >= 0.6 is 11.3 Å². The van der Waals surface area contributed by atoms with Crippen molar-refractivity contribution in [3.63, 3.8) is 0 Å². The topological polar surface area (TPSA) is 16.1 Å². The molecule has 0 radical (unpaired) electrons. The van der Waals surface area contributed by atoms with Gasteiger partial charge in [0.05, 0.1) is 17.2 Å². The molecule has 0 N–H and O–H groups in total. The van der Waals surface area contributed by atoms with Gasteiger partial charge in [-0.25, -0.2) is 9.37 Å². The predicted octanol–water partition coefficient (Wildman–Crippen LogP) is 4.50. The van der Waals surface area contributed by atoms with E-state index >= 15 is 0 Å². The van der Waals surface area contributed by atoms with Gasteiger partial charge in [0.2, 0.25) is 0 Å². The standard InChI is InChI=1S/C18H17FN2S/c1-21(11-17-12-22-13-20-17)18(14-5-3-2-4-6-14)15-7-9-16(19)10-8-15/h2-10,12-13,18H,11H2,1H3/t18-/m0/s1. The lowest BCUT2D eigenvalue weighted by Crippen LogP contribution is -2.25. The largest absolute Gasteiger partial charge is 0.290 e. The molecule has 0 aliphatic rings. The Labute approximate surface area is 133 Å². The van der Waals surface area contributed by atoms with Gasteiger partial charge in [-0.3, -0.25) is 4.90 Å². The van der Waals surface area contributed by atoms with Crippen LogP contribution in [0.15, 0.2) is 65.5 Å². The third-order valence-corrected chi connectivity index (χ3v) is 4.27. The third kappa shape index (κ3) is 3.40. The molecule has 0 aliphatic heterocycles. The summed E-state index contributed by atoms with van der Waals surface area (Å²) in [6.45, 7) is 0.750. The maximum atomic E-state index is 13.2. The highest BCUT2D eigenvalue weighted by Gasteiger charge is 2.19. The highest BCUT2D eigenvalue weighted by atomic mass is 32.1. The monoisotopic (exact) mass is 312 g/mol. The van der Waals surface area contributed by atoms with Crippen molar-refractivity contribution in [1.82, 2.24) is 9.88 Å². The number of hydrogen-bond donors (Lipinski definition) is 0. The van der Waals surface area contributed by atoms with E-state index in [0.717, 1.165) is 17.8 Å². The zero-order valence-electron chi connectivity index (χ0n) is 12.3. The second-order valence-corrected chi connectivity index (χ2v) is 5.98. The molecule has 0 aliphatic carbocycles. The summed E-state index contributed by atoms with van der Waals surface area (Å²) in [5, 5.41) is 2.06. The number of thiazole rings is 1. The molecule has 0 saturated carbocycles. The molecular weight excluding hydrogens is 295 g/mol. The molecule has 2 aromatic carbocycles. The summed E-state index contributed by atoms with van der Waals surface area (Å²) in [6, 6.07) is 17.1. The Kier molecular flexibility index (Phi) is 4.61. The minimum atomic E-state index is -0.210. The smallest absolute Gasteiger partial charge is 0.123 e. The van der Waals surface area contributed by atoms with Crippen LogP contribution in [-0.2, 0) is 6.54 Å². The summed E-state index contributed by atoms with van der Waals surface area (Å²) in [5.41, 5.74) is 5.16. The van der Waals surface area contributed by atoms with E-state index in [2.05, 4.69) is 34.4 Å². The molecule has 112 valence electrons. The van der Waals surface area contributed by atoms with E-state index in [1.165, 1.54) is 17.7 Å². The average Bonchev–Trinajstić information content (AvgIpc) is 3.03. The van der Waals surface area contributed by atoms with E-state index in [0.29, 0.717) is 0 Å². The zero-order chi connectivity index (χ0) is 15.4. The maximum absolute atomic E-state index is 13.2. The predicted molar refractivity (Wildman–Crippen MR) is 88.3 cm³/mol. The van der Waals surface area contributed by atoms with Gasteiger partial charge in [0.1, 0.15) is 5.82 Å². The SMILES string of the molecule is CN(Cc1cscn1)[C@@H](c1ccccc1)c1ccc(F)cc1. The van der Waals surface area contributed by atoms with Crippen molar-refractivity contribution in [3.8, 4) is 0 Å². The molecule has 0 spiro atoms. The Hall–Kier alpha value is -2.04. The number of hydrogen-bond acceptors (Lipinski definition) is 3. The molecule has 2 nitrogen and oxygen atoms in total. The number of benzene rings is 2. The van der Waals surface area contributed by atoms with Crippen molar-refractivity contribution >= 4 is 11.3 Å². The van der Waals surface area contributed by atoms with Crippen LogP contribution in [0, 0.1) is 5.82 Å². The van der Waals surface area contributed by atoms with E-state index in [4.69, 9.17) is 0 Å². The summed E-state index contributed by atoms with van der Waals surface area (Å²) in [7, 11) is 2.07. The van der Waals surface area contributed by atoms with Crippen LogP contribution in [-0.4, -0.2) is 16.9 Å². The minimum Gasteiger partial charge on any atom is -0.290 e. The van der Waals surface area contributed by atoms with Gasteiger partial charge in [-0.2, -0.15) is 0 Å². The Balaban J connectivity index is 1.93. The molecule has 22 heavy (non-hydrogen) atoms. The summed E-state index contributed by atoms with van der Waals surface area (Å²) >= 11 is 1.60. The first-order valence-electron chi connectivity index (χ1n) is 7.12. The van der Waals surface area contributed by atoms with E-state index in [-0.39, 0.29) is 11.9 Å². The molecule has 0 fully saturated rings. The van der Waals surface area contributed by atoms with Gasteiger partial charge >= 0.3 is 0 Å². The first-order valence-corrected chi connectivity index (χ1v) is 8.06. The van der Waals surface area contributed by atoms with E-state index in [1.54, 1.807) is 11.3 Å². The first kappa shape index (κ1) is 14.9. The molecule has 3 rings (SSSR count). The van der Waals surface area contributed by atoms with E-state index < -0.39 is 0 Å². The zero-order valence-corrected chi connectivity index (χ0v) is 13.1. The van der Waals surface area contributed by atoms with Crippen LogP contribution in [0.5, 0.6) is 0 Å². The van der Waals surface area contributed by atoms with Gasteiger partial charge in [0.15, 0.2) is 0 Å². The highest BCUT2D eigenvalue weighted by Crippen LogP contribution is 2.28. The Morgan fingerprint density at radius 1 is 1.05 bits per heavy atom. The summed E-state index contributed by atoms with van der Waals surface area (Å²) in [5.74, 6) is -0.210. The van der Waals surface area contributed by atoms with Crippen molar-refractivity contribution in [2.24, 2.45) is 0 Å². The lowest BCUT2D eigenvalue weighted by Gasteiger charge is -2.28. The van der Waals surface area contributed by atoms with Gasteiger partial charge in [0, 0.05) is 11.9 Å². The normalized spacial score (nSPS) is 12.5. The van der Waals surface area contributed by atoms with Gasteiger partial charge in [-0.05, 0) is 30.3 Å². The van der Waals surface area contributed by atoms with Crippen LogP contribution < -0.4 is 0 Å². The number of aromatic nitrogens is 1. The van der Waals surface area contributed by atoms with Gasteiger partial charge < -0.3 is 0 Å². The molecule has 3 aromatic rings. The number of rotatable bonds is 5. The Morgan fingerprint density at radius 2 is 1.73 bits per heavy atom. The Bertz CT molecular complexity index is 696. The van der Waals surface area contributed by atoms with Crippen LogP contribution in [0.3, 0.4) is 0 Å². The number of halogens is 1. The molecule has 0 unspecified atom stereocenters. The quantitative estimate of drug-likeness (QED) is 0.689. The van der Waals surface area contributed by atoms with Crippen molar-refractivity contribution in [2.45, 2.75) is 12.6 Å². The van der Waals surface area contributed by atoms with Crippen molar-refractivity contribution in [1.29, 1.82) is 0 Å².